The Hall–Kier alpha value is -2.79. The second kappa shape index (κ2) is 8.54. The van der Waals surface area contributed by atoms with Crippen molar-refractivity contribution in [1.29, 1.82) is 0 Å². The smallest absolute Gasteiger partial charge is 0.328 e. The van der Waals surface area contributed by atoms with Crippen molar-refractivity contribution in [3.63, 3.8) is 0 Å². The molecule has 0 aliphatic heterocycles. The molecule has 3 rings (SSSR count). The molecule has 0 bridgehead atoms. The molecule has 0 saturated carbocycles. The lowest BCUT2D eigenvalue weighted by Crippen LogP contribution is -2.23. The molecule has 0 radical (unpaired) electrons. The summed E-state index contributed by atoms with van der Waals surface area (Å²) >= 11 is 3.45. The number of hydrogen-bond acceptors (Lipinski definition) is 3. The quantitative estimate of drug-likeness (QED) is 0.615. The molecule has 0 saturated heterocycles. The lowest BCUT2D eigenvalue weighted by Gasteiger charge is -2.13. The van der Waals surface area contributed by atoms with Gasteiger partial charge in [0.25, 0.3) is 0 Å². The van der Waals surface area contributed by atoms with Gasteiger partial charge in [0.05, 0.1) is 5.71 Å². The molecule has 4 nitrogen and oxygen atoms in total. The van der Waals surface area contributed by atoms with E-state index in [1.165, 1.54) is 0 Å². The van der Waals surface area contributed by atoms with Crippen molar-refractivity contribution in [3.05, 3.63) is 100 Å². The highest BCUT2D eigenvalue weighted by Gasteiger charge is 2.20. The summed E-state index contributed by atoms with van der Waals surface area (Å²) in [5.41, 5.74) is 3.24. The van der Waals surface area contributed by atoms with Gasteiger partial charge < -0.3 is 5.11 Å². The average molecular weight is 409 g/mol. The molecule has 130 valence electrons. The number of benzene rings is 2. The van der Waals surface area contributed by atoms with Crippen molar-refractivity contribution in [2.75, 3.05) is 0 Å². The van der Waals surface area contributed by atoms with Gasteiger partial charge >= 0.3 is 5.97 Å². The molecule has 0 fully saturated rings. The molecule has 5 heteroatoms. The van der Waals surface area contributed by atoms with Crippen LogP contribution in [0.4, 0.5) is 0 Å². The summed E-state index contributed by atoms with van der Waals surface area (Å²) in [5, 5.41) is 9.73. The van der Waals surface area contributed by atoms with E-state index in [2.05, 4.69) is 25.9 Å². The van der Waals surface area contributed by atoms with Crippen LogP contribution in [0, 0.1) is 0 Å². The van der Waals surface area contributed by atoms with Crippen LogP contribution < -0.4 is 0 Å². The van der Waals surface area contributed by atoms with E-state index in [-0.39, 0.29) is 6.42 Å². The van der Waals surface area contributed by atoms with Crippen molar-refractivity contribution < 1.29 is 9.90 Å². The van der Waals surface area contributed by atoms with Crippen LogP contribution in [0.2, 0.25) is 0 Å². The third kappa shape index (κ3) is 4.43. The lowest BCUT2D eigenvalue weighted by atomic mass is 10.0. The van der Waals surface area contributed by atoms with E-state index in [0.717, 1.165) is 21.2 Å². The molecule has 0 aliphatic carbocycles. The van der Waals surface area contributed by atoms with Gasteiger partial charge in [-0.1, -0.05) is 76.6 Å². The van der Waals surface area contributed by atoms with E-state index in [0.29, 0.717) is 5.71 Å². The normalized spacial score (nSPS) is 11.6. The fourth-order valence-corrected chi connectivity index (χ4v) is 3.00. The number of aliphatic imine (C=N–C) groups is 1. The van der Waals surface area contributed by atoms with Crippen molar-refractivity contribution in [1.82, 2.24) is 4.98 Å². The number of carboxylic acid groups (broad SMARTS) is 1. The maximum Gasteiger partial charge on any atom is 0.328 e. The Morgan fingerprint density at radius 3 is 2.08 bits per heavy atom. The molecular formula is C21H17BrN2O2. The summed E-state index contributed by atoms with van der Waals surface area (Å²) in [6, 6.07) is 20.1. The predicted octanol–water partition coefficient (Wildman–Crippen LogP) is 4.38. The molecule has 0 spiro atoms. The minimum absolute atomic E-state index is 0.257. The van der Waals surface area contributed by atoms with Gasteiger partial charge in [0.1, 0.15) is 0 Å². The van der Waals surface area contributed by atoms with Gasteiger partial charge in [-0.05, 0) is 11.6 Å². The molecule has 2 aromatic carbocycles. The third-order valence-electron chi connectivity index (χ3n) is 3.92. The zero-order valence-electron chi connectivity index (χ0n) is 13.9. The third-order valence-corrected chi connectivity index (χ3v) is 4.70. The number of halogens is 1. The molecule has 3 aromatic rings. The van der Waals surface area contributed by atoms with Crippen molar-refractivity contribution in [2.24, 2.45) is 4.99 Å². The van der Waals surface area contributed by atoms with E-state index < -0.39 is 12.0 Å². The van der Waals surface area contributed by atoms with E-state index in [9.17, 15) is 9.90 Å². The highest BCUT2D eigenvalue weighted by molar-refractivity contribution is 9.10. The number of carbonyl (C=O) groups is 1. The molecule has 0 unspecified atom stereocenters. The van der Waals surface area contributed by atoms with Gasteiger partial charge in [-0.25, -0.2) is 4.79 Å². The summed E-state index contributed by atoms with van der Waals surface area (Å²) in [6.45, 7) is 0. The Kier molecular flexibility index (Phi) is 5.92. The van der Waals surface area contributed by atoms with Gasteiger partial charge in [-0.15, -0.1) is 0 Å². The van der Waals surface area contributed by atoms with Crippen LogP contribution in [0.15, 0.2) is 88.6 Å². The Morgan fingerprint density at radius 2 is 1.58 bits per heavy atom. The Balaban J connectivity index is 2.04. The zero-order chi connectivity index (χ0) is 18.4. The van der Waals surface area contributed by atoms with E-state index in [4.69, 9.17) is 0 Å². The summed E-state index contributed by atoms with van der Waals surface area (Å²) in [4.78, 5) is 20.6. The standard InChI is InChI=1S/C21H17BrN2O2/c22-18-11-12-23-14-17(18)13-19(21(25)26)24-20(15-7-3-1-4-8-15)16-9-5-2-6-10-16/h1-12,14,19H,13H2,(H,25,26)/t19-/m1/s1. The van der Waals surface area contributed by atoms with Crippen molar-refractivity contribution >= 4 is 27.6 Å². The van der Waals surface area contributed by atoms with Crippen LogP contribution >= 0.6 is 15.9 Å². The molecule has 0 aliphatic rings. The lowest BCUT2D eigenvalue weighted by molar-refractivity contribution is -0.138. The number of aromatic nitrogens is 1. The molecule has 0 amide bonds. The minimum atomic E-state index is -0.967. The summed E-state index contributed by atoms with van der Waals surface area (Å²) < 4.78 is 0.829. The van der Waals surface area contributed by atoms with Crippen LogP contribution in [0.25, 0.3) is 0 Å². The first-order valence-corrected chi connectivity index (χ1v) is 8.94. The second-order valence-electron chi connectivity index (χ2n) is 5.74. The fraction of sp³-hybridized carbons (Fsp3) is 0.0952. The number of rotatable bonds is 6. The minimum Gasteiger partial charge on any atom is -0.480 e. The maximum absolute atomic E-state index is 11.9. The van der Waals surface area contributed by atoms with Crippen molar-refractivity contribution in [3.8, 4) is 0 Å². The van der Waals surface area contributed by atoms with E-state index >= 15 is 0 Å². The van der Waals surface area contributed by atoms with Gasteiger partial charge in [0.15, 0.2) is 6.04 Å². The average Bonchev–Trinajstić information content (AvgIpc) is 2.67. The molecule has 1 aromatic heterocycles. The summed E-state index contributed by atoms with van der Waals surface area (Å²) in [7, 11) is 0. The van der Waals surface area contributed by atoms with Gasteiger partial charge in [-0.2, -0.15) is 0 Å². The Morgan fingerprint density at radius 1 is 1.00 bits per heavy atom. The molecule has 26 heavy (non-hydrogen) atoms. The number of aliphatic carboxylic acids is 1. The summed E-state index contributed by atoms with van der Waals surface area (Å²) in [6.07, 6.45) is 3.58. The van der Waals surface area contributed by atoms with E-state index in [1.54, 1.807) is 18.5 Å². The van der Waals surface area contributed by atoms with Crippen LogP contribution in [0.5, 0.6) is 0 Å². The molecule has 1 atom stereocenters. The number of carboxylic acids is 1. The molecule has 1 N–H and O–H groups in total. The van der Waals surface area contributed by atoms with Crippen LogP contribution in [-0.4, -0.2) is 27.8 Å². The number of pyridine rings is 1. The topological polar surface area (TPSA) is 62.5 Å². The second-order valence-corrected chi connectivity index (χ2v) is 6.59. The van der Waals surface area contributed by atoms with Crippen LogP contribution in [0.1, 0.15) is 16.7 Å². The number of nitrogens with zero attached hydrogens (tertiary/aromatic N) is 2. The zero-order valence-corrected chi connectivity index (χ0v) is 15.5. The predicted molar refractivity (Wildman–Crippen MR) is 106 cm³/mol. The van der Waals surface area contributed by atoms with Gasteiger partial charge in [0, 0.05) is 34.4 Å². The van der Waals surface area contributed by atoms with Gasteiger partial charge in [0.2, 0.25) is 0 Å². The number of hydrogen-bond donors (Lipinski definition) is 1. The fourth-order valence-electron chi connectivity index (χ4n) is 2.62. The van der Waals surface area contributed by atoms with Crippen LogP contribution in [0.3, 0.4) is 0 Å². The molecular weight excluding hydrogens is 392 g/mol. The largest absolute Gasteiger partial charge is 0.480 e. The van der Waals surface area contributed by atoms with Crippen LogP contribution in [-0.2, 0) is 11.2 Å². The highest BCUT2D eigenvalue weighted by atomic mass is 79.9. The van der Waals surface area contributed by atoms with E-state index in [1.807, 2.05) is 60.7 Å². The first-order chi connectivity index (χ1) is 12.6. The summed E-state index contributed by atoms with van der Waals surface area (Å²) in [5.74, 6) is -0.967. The first-order valence-electron chi connectivity index (χ1n) is 8.15. The Labute approximate surface area is 160 Å². The first kappa shape index (κ1) is 18.0. The maximum atomic E-state index is 11.9. The van der Waals surface area contributed by atoms with Gasteiger partial charge in [-0.3, -0.25) is 9.98 Å². The molecule has 1 heterocycles. The monoisotopic (exact) mass is 408 g/mol. The Bertz CT molecular complexity index is 870. The highest BCUT2D eigenvalue weighted by Crippen LogP contribution is 2.19. The SMILES string of the molecule is O=C(O)[C@@H](Cc1cnccc1Br)N=C(c1ccccc1)c1ccccc1. The van der Waals surface area contributed by atoms with Crippen molar-refractivity contribution in [2.45, 2.75) is 12.5 Å².